The van der Waals surface area contributed by atoms with E-state index in [0.29, 0.717) is 5.78 Å². The van der Waals surface area contributed by atoms with E-state index in [0.717, 1.165) is 42.6 Å². The highest BCUT2D eigenvalue weighted by Crippen LogP contribution is 2.35. The quantitative estimate of drug-likeness (QED) is 0.793. The summed E-state index contributed by atoms with van der Waals surface area (Å²) in [6, 6.07) is 3.84. The minimum atomic E-state index is 0.204. The van der Waals surface area contributed by atoms with E-state index in [-0.39, 0.29) is 5.92 Å². The molecule has 2 rings (SSSR count). The molecule has 1 aliphatic carbocycles. The van der Waals surface area contributed by atoms with Crippen molar-refractivity contribution in [3.05, 3.63) is 28.8 Å². The van der Waals surface area contributed by atoms with E-state index in [1.807, 2.05) is 19.1 Å². The van der Waals surface area contributed by atoms with E-state index in [9.17, 15) is 4.79 Å². The highest BCUT2D eigenvalue weighted by atomic mass is 16.5. The van der Waals surface area contributed by atoms with Gasteiger partial charge in [0, 0.05) is 11.5 Å². The van der Waals surface area contributed by atoms with Gasteiger partial charge >= 0.3 is 0 Å². The molecule has 1 aliphatic rings. The Morgan fingerprint density at radius 2 is 2.18 bits per heavy atom. The number of fused-ring (bicyclic) bond motifs is 1. The molecule has 0 heterocycles. The van der Waals surface area contributed by atoms with E-state index in [2.05, 4.69) is 6.92 Å². The topological polar surface area (TPSA) is 26.3 Å². The number of ether oxygens (including phenoxy) is 1. The summed E-state index contributed by atoms with van der Waals surface area (Å²) in [6.07, 6.45) is 4.21. The Morgan fingerprint density at radius 1 is 1.41 bits per heavy atom. The van der Waals surface area contributed by atoms with Crippen molar-refractivity contribution in [3.8, 4) is 5.75 Å². The van der Waals surface area contributed by atoms with Crippen molar-refractivity contribution in [3.63, 3.8) is 0 Å². The first-order valence-corrected chi connectivity index (χ1v) is 6.39. The lowest BCUT2D eigenvalue weighted by Gasteiger charge is -2.08. The normalized spacial score (nSPS) is 18.3. The smallest absolute Gasteiger partial charge is 0.166 e. The van der Waals surface area contributed by atoms with Crippen LogP contribution in [0.1, 0.15) is 47.7 Å². The molecule has 2 nitrogen and oxygen atoms in total. The van der Waals surface area contributed by atoms with Gasteiger partial charge in [-0.1, -0.05) is 19.8 Å². The van der Waals surface area contributed by atoms with Crippen molar-refractivity contribution < 1.29 is 9.53 Å². The van der Waals surface area contributed by atoms with E-state index in [1.54, 1.807) is 7.11 Å². The molecule has 2 heteroatoms. The van der Waals surface area contributed by atoms with Crippen LogP contribution in [0.5, 0.6) is 5.75 Å². The predicted octanol–water partition coefficient (Wildman–Crippen LogP) is 3.55. The minimum Gasteiger partial charge on any atom is -0.496 e. The number of carbonyl (C=O) groups is 1. The van der Waals surface area contributed by atoms with Crippen LogP contribution in [0, 0.1) is 12.8 Å². The Bertz CT molecular complexity index is 435. The van der Waals surface area contributed by atoms with Crippen LogP contribution in [0.4, 0.5) is 0 Å². The van der Waals surface area contributed by atoms with Gasteiger partial charge in [-0.25, -0.2) is 0 Å². The van der Waals surface area contributed by atoms with Gasteiger partial charge in [0.15, 0.2) is 5.78 Å². The predicted molar refractivity (Wildman–Crippen MR) is 68.8 cm³/mol. The molecule has 0 aliphatic heterocycles. The summed E-state index contributed by atoms with van der Waals surface area (Å²) in [5, 5.41) is 0. The Hall–Kier alpha value is -1.31. The van der Waals surface area contributed by atoms with Crippen molar-refractivity contribution in [2.24, 2.45) is 5.92 Å². The van der Waals surface area contributed by atoms with E-state index >= 15 is 0 Å². The lowest BCUT2D eigenvalue weighted by atomic mass is 9.98. The summed E-state index contributed by atoms with van der Waals surface area (Å²) < 4.78 is 5.31. The van der Waals surface area contributed by atoms with E-state index in [4.69, 9.17) is 4.74 Å². The third-order valence-electron chi connectivity index (χ3n) is 3.76. The molecule has 92 valence electrons. The fourth-order valence-corrected chi connectivity index (χ4v) is 2.69. The number of methoxy groups -OCH3 is 1. The summed E-state index contributed by atoms with van der Waals surface area (Å²) in [7, 11) is 1.68. The van der Waals surface area contributed by atoms with Crippen LogP contribution in [0.15, 0.2) is 12.1 Å². The summed E-state index contributed by atoms with van der Waals surface area (Å²) in [5.74, 6) is 1.43. The first-order valence-electron chi connectivity index (χ1n) is 6.39. The Morgan fingerprint density at radius 3 is 2.82 bits per heavy atom. The van der Waals surface area contributed by atoms with Crippen LogP contribution in [0.3, 0.4) is 0 Å². The number of hydrogen-bond acceptors (Lipinski definition) is 2. The second kappa shape index (κ2) is 4.91. The van der Waals surface area contributed by atoms with Gasteiger partial charge in [0.2, 0.25) is 0 Å². The standard InChI is InChI=1S/C15H20O2/c1-4-5-6-11-9-13-10(2)14(17-3)8-7-12(13)15(11)16/h7-8,11H,4-6,9H2,1-3H3. The summed E-state index contributed by atoms with van der Waals surface area (Å²) in [5.41, 5.74) is 3.26. The number of carbonyl (C=O) groups excluding carboxylic acids is 1. The van der Waals surface area contributed by atoms with Crippen LogP contribution in [0.25, 0.3) is 0 Å². The Kier molecular flexibility index (Phi) is 3.51. The van der Waals surface area contributed by atoms with Gasteiger partial charge in [-0.3, -0.25) is 4.79 Å². The first-order chi connectivity index (χ1) is 8.19. The van der Waals surface area contributed by atoms with Crippen molar-refractivity contribution in [1.82, 2.24) is 0 Å². The molecule has 1 atom stereocenters. The number of ketones is 1. The molecule has 1 unspecified atom stereocenters. The average Bonchev–Trinajstić information content (AvgIpc) is 2.66. The number of rotatable bonds is 4. The number of hydrogen-bond donors (Lipinski definition) is 0. The molecule has 1 aromatic rings. The van der Waals surface area contributed by atoms with Crippen LogP contribution < -0.4 is 4.74 Å². The second-order valence-electron chi connectivity index (χ2n) is 4.83. The third kappa shape index (κ3) is 2.08. The second-order valence-corrected chi connectivity index (χ2v) is 4.83. The summed E-state index contributed by atoms with van der Waals surface area (Å²) in [4.78, 5) is 12.2. The molecule has 0 amide bonds. The molecule has 0 saturated carbocycles. The van der Waals surface area contributed by atoms with Gasteiger partial charge in [-0.15, -0.1) is 0 Å². The zero-order valence-corrected chi connectivity index (χ0v) is 10.9. The fourth-order valence-electron chi connectivity index (χ4n) is 2.69. The van der Waals surface area contributed by atoms with Gasteiger partial charge in [0.05, 0.1) is 7.11 Å². The summed E-state index contributed by atoms with van der Waals surface area (Å²) >= 11 is 0. The van der Waals surface area contributed by atoms with Gasteiger partial charge in [0.25, 0.3) is 0 Å². The third-order valence-corrected chi connectivity index (χ3v) is 3.76. The molecule has 0 N–H and O–H groups in total. The molecule has 0 fully saturated rings. The molecule has 1 aromatic carbocycles. The minimum absolute atomic E-state index is 0.204. The van der Waals surface area contributed by atoms with Gasteiger partial charge < -0.3 is 4.74 Å². The number of Topliss-reactive ketones (excluding diaryl/α,β-unsaturated/α-hetero) is 1. The van der Waals surface area contributed by atoms with Crippen LogP contribution in [-0.4, -0.2) is 12.9 Å². The zero-order valence-electron chi connectivity index (χ0n) is 10.9. The van der Waals surface area contributed by atoms with Crippen LogP contribution in [0.2, 0.25) is 0 Å². The Labute approximate surface area is 103 Å². The van der Waals surface area contributed by atoms with Crippen molar-refractivity contribution >= 4 is 5.78 Å². The van der Waals surface area contributed by atoms with Crippen molar-refractivity contribution in [2.45, 2.75) is 39.5 Å². The lowest BCUT2D eigenvalue weighted by molar-refractivity contribution is 0.0929. The largest absolute Gasteiger partial charge is 0.496 e. The maximum absolute atomic E-state index is 12.2. The molecular weight excluding hydrogens is 212 g/mol. The van der Waals surface area contributed by atoms with E-state index in [1.165, 1.54) is 5.56 Å². The fraction of sp³-hybridized carbons (Fsp3) is 0.533. The molecule has 0 spiro atoms. The monoisotopic (exact) mass is 232 g/mol. The van der Waals surface area contributed by atoms with Crippen molar-refractivity contribution in [1.29, 1.82) is 0 Å². The highest BCUT2D eigenvalue weighted by Gasteiger charge is 2.31. The van der Waals surface area contributed by atoms with E-state index < -0.39 is 0 Å². The maximum Gasteiger partial charge on any atom is 0.166 e. The van der Waals surface area contributed by atoms with Crippen LogP contribution >= 0.6 is 0 Å². The first kappa shape index (κ1) is 12.2. The highest BCUT2D eigenvalue weighted by molar-refractivity contribution is 6.02. The van der Waals surface area contributed by atoms with Crippen LogP contribution in [-0.2, 0) is 6.42 Å². The summed E-state index contributed by atoms with van der Waals surface area (Å²) in [6.45, 7) is 4.22. The molecule has 0 aromatic heterocycles. The maximum atomic E-state index is 12.2. The van der Waals surface area contributed by atoms with Gasteiger partial charge in [0.1, 0.15) is 5.75 Å². The molecular formula is C15H20O2. The van der Waals surface area contributed by atoms with Gasteiger partial charge in [-0.05, 0) is 43.0 Å². The molecule has 17 heavy (non-hydrogen) atoms. The molecule has 0 saturated heterocycles. The van der Waals surface area contributed by atoms with Crippen molar-refractivity contribution in [2.75, 3.05) is 7.11 Å². The molecule has 0 bridgehead atoms. The lowest BCUT2D eigenvalue weighted by Crippen LogP contribution is -2.08. The molecule has 0 radical (unpaired) electrons. The SMILES string of the molecule is CCCCC1Cc2c(ccc(OC)c2C)C1=O. The van der Waals surface area contributed by atoms with Gasteiger partial charge in [-0.2, -0.15) is 0 Å². The zero-order chi connectivity index (χ0) is 12.4. The average molecular weight is 232 g/mol. The number of unbranched alkanes of at least 4 members (excludes halogenated alkanes) is 1. The Balaban J connectivity index is 2.28. The number of benzene rings is 1.